The van der Waals surface area contributed by atoms with Crippen LogP contribution in [0.15, 0.2) is 47.3 Å². The molecule has 156 valence electrons. The molecule has 1 aromatic carbocycles. The first-order valence-electron chi connectivity index (χ1n) is 10.9. The van der Waals surface area contributed by atoms with Gasteiger partial charge >= 0.3 is 0 Å². The van der Waals surface area contributed by atoms with Crippen LogP contribution in [0, 0.1) is 24.7 Å². The first-order valence-corrected chi connectivity index (χ1v) is 10.9. The van der Waals surface area contributed by atoms with Gasteiger partial charge in [0.25, 0.3) is 5.91 Å². The number of amides is 2. The predicted octanol–water partition coefficient (Wildman–Crippen LogP) is 2.76. The minimum Gasteiger partial charge on any atom is -0.337 e. The zero-order valence-electron chi connectivity index (χ0n) is 17.2. The number of pyridine rings is 1. The topological polar surface area (TPSA) is 73.5 Å². The lowest BCUT2D eigenvalue weighted by atomic mass is 9.83. The maximum absolute atomic E-state index is 13.2. The summed E-state index contributed by atoms with van der Waals surface area (Å²) >= 11 is 0. The van der Waals surface area contributed by atoms with E-state index in [-0.39, 0.29) is 41.2 Å². The molecule has 1 aromatic heterocycles. The van der Waals surface area contributed by atoms with Crippen LogP contribution in [0.2, 0.25) is 0 Å². The van der Waals surface area contributed by atoms with Crippen molar-refractivity contribution in [2.24, 2.45) is 17.8 Å². The van der Waals surface area contributed by atoms with Crippen molar-refractivity contribution < 1.29 is 9.59 Å². The second-order valence-corrected chi connectivity index (χ2v) is 8.98. The quantitative estimate of drug-likeness (QED) is 0.853. The Kier molecular flexibility index (Phi) is 4.72. The summed E-state index contributed by atoms with van der Waals surface area (Å²) in [7, 11) is 0. The largest absolute Gasteiger partial charge is 0.337 e. The van der Waals surface area contributed by atoms with Gasteiger partial charge in [-0.05, 0) is 37.0 Å². The predicted molar refractivity (Wildman–Crippen MR) is 113 cm³/mol. The molecule has 5 rings (SSSR count). The van der Waals surface area contributed by atoms with Crippen molar-refractivity contribution in [2.45, 2.75) is 32.2 Å². The number of carbonyl (C=O) groups is 2. The molecule has 30 heavy (non-hydrogen) atoms. The van der Waals surface area contributed by atoms with E-state index in [1.54, 1.807) is 12.1 Å². The smallest absolute Gasteiger partial charge is 0.270 e. The van der Waals surface area contributed by atoms with Crippen LogP contribution >= 0.6 is 0 Å². The van der Waals surface area contributed by atoms with Crippen LogP contribution in [0.25, 0.3) is 0 Å². The van der Waals surface area contributed by atoms with Crippen LogP contribution in [0.5, 0.6) is 0 Å². The minimum atomic E-state index is -0.268. The fourth-order valence-electron chi connectivity index (χ4n) is 5.39. The average Bonchev–Trinajstić information content (AvgIpc) is 3.24. The molecule has 2 amide bonds. The first-order chi connectivity index (χ1) is 14.5. The van der Waals surface area contributed by atoms with E-state index in [1.807, 2.05) is 17.0 Å². The molecule has 3 fully saturated rings. The van der Waals surface area contributed by atoms with Crippen molar-refractivity contribution in [3.63, 3.8) is 0 Å². The minimum absolute atomic E-state index is 0.0110. The molecule has 6 heteroatoms. The van der Waals surface area contributed by atoms with Crippen molar-refractivity contribution in [1.82, 2.24) is 14.8 Å². The van der Waals surface area contributed by atoms with Gasteiger partial charge in [-0.2, -0.15) is 0 Å². The molecular weight excluding hydrogens is 378 g/mol. The van der Waals surface area contributed by atoms with Gasteiger partial charge in [0.1, 0.15) is 5.69 Å². The van der Waals surface area contributed by atoms with Crippen LogP contribution in [0.3, 0.4) is 0 Å². The number of nitrogens with one attached hydrogen (secondary N) is 1. The van der Waals surface area contributed by atoms with Crippen molar-refractivity contribution in [2.75, 3.05) is 19.6 Å². The summed E-state index contributed by atoms with van der Waals surface area (Å²) in [5, 5.41) is 0. The number of carbonyl (C=O) groups excluding carboxylic acids is 2. The molecule has 2 aromatic rings. The number of likely N-dealkylation sites (tertiary alicyclic amines) is 2. The Morgan fingerprint density at radius 2 is 1.80 bits per heavy atom. The first kappa shape index (κ1) is 19.1. The van der Waals surface area contributed by atoms with Crippen molar-refractivity contribution in [3.8, 4) is 0 Å². The number of aryl methyl sites for hydroxylation is 1. The Morgan fingerprint density at radius 3 is 2.50 bits per heavy atom. The average molecular weight is 405 g/mol. The summed E-state index contributed by atoms with van der Waals surface area (Å²) < 4.78 is 0. The highest BCUT2D eigenvalue weighted by molar-refractivity contribution is 5.92. The molecule has 2 saturated heterocycles. The number of aromatic nitrogens is 1. The summed E-state index contributed by atoms with van der Waals surface area (Å²) in [6, 6.07) is 13.0. The van der Waals surface area contributed by atoms with Gasteiger partial charge in [-0.3, -0.25) is 14.4 Å². The van der Waals surface area contributed by atoms with Gasteiger partial charge in [0.15, 0.2) is 0 Å². The zero-order chi connectivity index (χ0) is 20.8. The molecule has 3 aliphatic rings. The van der Waals surface area contributed by atoms with E-state index in [9.17, 15) is 14.4 Å². The molecule has 0 unspecified atom stereocenters. The molecule has 1 N–H and O–H groups in total. The summed E-state index contributed by atoms with van der Waals surface area (Å²) in [4.78, 5) is 44.5. The summed E-state index contributed by atoms with van der Waals surface area (Å²) in [6.07, 6.45) is 3.14. The highest BCUT2D eigenvalue weighted by Crippen LogP contribution is 2.47. The number of aromatic amines is 1. The third-order valence-electron chi connectivity index (χ3n) is 7.19. The van der Waals surface area contributed by atoms with Gasteiger partial charge in [-0.15, -0.1) is 0 Å². The lowest BCUT2D eigenvalue weighted by Gasteiger charge is -2.35. The van der Waals surface area contributed by atoms with Gasteiger partial charge in [-0.25, -0.2) is 0 Å². The van der Waals surface area contributed by atoms with E-state index >= 15 is 0 Å². The van der Waals surface area contributed by atoms with Gasteiger partial charge < -0.3 is 14.8 Å². The van der Waals surface area contributed by atoms with Crippen molar-refractivity contribution in [1.29, 1.82) is 0 Å². The Morgan fingerprint density at radius 1 is 1.00 bits per heavy atom. The number of H-pyrrole nitrogens is 1. The van der Waals surface area contributed by atoms with Crippen LogP contribution in [0.4, 0.5) is 0 Å². The summed E-state index contributed by atoms with van der Waals surface area (Å²) in [5.41, 5.74) is 2.44. The van der Waals surface area contributed by atoms with Gasteiger partial charge in [0, 0.05) is 43.5 Å². The van der Waals surface area contributed by atoms with Gasteiger partial charge in [-0.1, -0.05) is 36.8 Å². The van der Waals surface area contributed by atoms with Crippen LogP contribution in [-0.4, -0.2) is 46.2 Å². The van der Waals surface area contributed by atoms with Gasteiger partial charge in [0.2, 0.25) is 11.5 Å². The lowest BCUT2D eigenvalue weighted by Crippen LogP contribution is -2.42. The lowest BCUT2D eigenvalue weighted by molar-refractivity contribution is -0.139. The number of rotatable bonds is 3. The summed E-state index contributed by atoms with van der Waals surface area (Å²) in [6.45, 7) is 4.03. The Labute approximate surface area is 175 Å². The monoisotopic (exact) mass is 405 g/mol. The third kappa shape index (κ3) is 3.15. The second kappa shape index (κ2) is 7.42. The van der Waals surface area contributed by atoms with Gasteiger partial charge in [0.05, 0.1) is 6.04 Å². The highest BCUT2D eigenvalue weighted by atomic mass is 16.2. The number of fused-ring (bicyclic) bond motifs is 1. The maximum Gasteiger partial charge on any atom is 0.270 e. The molecule has 2 aliphatic heterocycles. The fraction of sp³-hybridized carbons (Fsp3) is 0.458. The molecule has 3 heterocycles. The zero-order valence-corrected chi connectivity index (χ0v) is 17.2. The summed E-state index contributed by atoms with van der Waals surface area (Å²) in [5.74, 6) is 0.798. The van der Waals surface area contributed by atoms with Crippen LogP contribution in [-0.2, 0) is 4.79 Å². The molecule has 1 saturated carbocycles. The number of nitrogens with zero attached hydrogens (tertiary/aromatic N) is 2. The van der Waals surface area contributed by atoms with Crippen molar-refractivity contribution in [3.05, 3.63) is 69.6 Å². The standard InChI is InChI=1S/C24H27N3O3/c1-15-6-2-3-9-18(15)22-19-14-26(24(30)20-10-5-11-21(28)25-20)12-17(19)13-27(22)23(29)16-7-4-8-16/h2-3,5-6,9-11,16-17,19,22H,4,7-8,12-14H2,1H3,(H,25,28)/t17-,19-,22+/m0/s1. The Bertz CT molecular complexity index is 1040. The number of hydrogen-bond donors (Lipinski definition) is 1. The number of hydrogen-bond acceptors (Lipinski definition) is 3. The molecule has 3 atom stereocenters. The molecule has 0 radical (unpaired) electrons. The Balaban J connectivity index is 1.43. The molecule has 1 aliphatic carbocycles. The van der Waals surface area contributed by atoms with Crippen LogP contribution < -0.4 is 5.56 Å². The van der Waals surface area contributed by atoms with E-state index in [0.717, 1.165) is 19.3 Å². The third-order valence-corrected chi connectivity index (χ3v) is 7.19. The molecular formula is C24H27N3O3. The molecule has 0 spiro atoms. The SMILES string of the molecule is Cc1ccccc1[C@@H]1[C@H]2CN(C(=O)c3cccc(=O)[nH]3)C[C@H]2CN1C(=O)C1CCC1. The maximum atomic E-state index is 13.2. The van der Waals surface area contributed by atoms with E-state index in [1.165, 1.54) is 17.2 Å². The molecule has 0 bridgehead atoms. The van der Waals surface area contributed by atoms with Crippen LogP contribution in [0.1, 0.15) is 46.9 Å². The normalized spacial score (nSPS) is 25.8. The number of benzene rings is 1. The van der Waals surface area contributed by atoms with E-state index in [2.05, 4.69) is 28.9 Å². The fourth-order valence-corrected chi connectivity index (χ4v) is 5.39. The Hall–Kier alpha value is -2.89. The second-order valence-electron chi connectivity index (χ2n) is 8.98. The van der Waals surface area contributed by atoms with E-state index < -0.39 is 0 Å². The van der Waals surface area contributed by atoms with E-state index in [0.29, 0.717) is 25.3 Å². The van der Waals surface area contributed by atoms with Crippen molar-refractivity contribution >= 4 is 11.8 Å². The highest BCUT2D eigenvalue weighted by Gasteiger charge is 2.51. The van der Waals surface area contributed by atoms with E-state index in [4.69, 9.17) is 0 Å². The molecule has 6 nitrogen and oxygen atoms in total.